The lowest BCUT2D eigenvalue weighted by molar-refractivity contribution is -0.165. The van der Waals surface area contributed by atoms with Crippen molar-refractivity contribution >= 4 is 28.0 Å². The van der Waals surface area contributed by atoms with Crippen LogP contribution in [0.4, 0.5) is 0 Å². The number of amides is 1. The van der Waals surface area contributed by atoms with Crippen molar-refractivity contribution in [3.05, 3.63) is 30.1 Å². The Hall–Kier alpha value is -2.29. The first-order valence-electron chi connectivity index (χ1n) is 7.31. The molecule has 8 nitrogen and oxygen atoms in total. The van der Waals surface area contributed by atoms with Crippen molar-refractivity contribution in [2.24, 2.45) is 5.92 Å². The van der Waals surface area contributed by atoms with Gasteiger partial charge in [0.2, 0.25) is 5.91 Å². The number of carbonyl (C=O) groups excluding carboxylic acids is 2. The summed E-state index contributed by atoms with van der Waals surface area (Å²) in [5, 5.41) is 8.06. The number of carboxylic acids is 1. The normalized spacial score (nSPS) is 31.0. The number of hydrogen-bond acceptors (Lipinski definition) is 6. The molecule has 1 aromatic heterocycles. The van der Waals surface area contributed by atoms with Gasteiger partial charge in [-0.05, 0) is 26.0 Å². The Morgan fingerprint density at radius 2 is 2.08 bits per heavy atom. The van der Waals surface area contributed by atoms with Gasteiger partial charge < -0.3 is 14.8 Å². The predicted molar refractivity (Wildman–Crippen MR) is 81.6 cm³/mol. The third-order valence-corrected chi connectivity index (χ3v) is 7.75. The van der Waals surface area contributed by atoms with Crippen molar-refractivity contribution < 1.29 is 27.9 Å². The number of β-lactam (4-membered cyclic amide) rings is 1. The lowest BCUT2D eigenvalue weighted by Gasteiger charge is -2.44. The van der Waals surface area contributed by atoms with Crippen LogP contribution in [0.2, 0.25) is 0 Å². The molecular formula is C15H16N2O6S. The summed E-state index contributed by atoms with van der Waals surface area (Å²) in [6.45, 7) is 2.58. The highest BCUT2D eigenvalue weighted by atomic mass is 32.2. The number of pyridine rings is 1. The monoisotopic (exact) mass is 352 g/mol. The lowest BCUT2D eigenvalue weighted by atomic mass is 9.81. The van der Waals surface area contributed by atoms with Crippen molar-refractivity contribution in [2.75, 3.05) is 0 Å². The molecule has 2 fully saturated rings. The van der Waals surface area contributed by atoms with Crippen LogP contribution in [0.1, 0.15) is 25.5 Å². The summed E-state index contributed by atoms with van der Waals surface area (Å²) in [7, 11) is -3.97. The van der Waals surface area contributed by atoms with Gasteiger partial charge in [0.15, 0.2) is 9.84 Å². The third-order valence-electron chi connectivity index (χ3n) is 4.91. The maximum Gasteiger partial charge on any atom is 0.328 e. The van der Waals surface area contributed by atoms with E-state index in [2.05, 4.69) is 4.98 Å². The second kappa shape index (κ2) is 5.10. The number of hydrogen-bond donors (Lipinski definition) is 1. The van der Waals surface area contributed by atoms with E-state index in [1.165, 1.54) is 26.1 Å². The number of nitrogens with zero attached hydrogens (tertiary/aromatic N) is 2. The SMILES string of the molecule is CC1(C)[C@H](C(=O)O)N2C(=O)C(C(C=O)c3ccccn3)[C@H]2S1(=O)=O. The molecule has 128 valence electrons. The molecule has 1 N–H and O–H groups in total. The largest absolute Gasteiger partial charge is 0.480 e. The number of aromatic nitrogens is 1. The first-order chi connectivity index (χ1) is 11.2. The van der Waals surface area contributed by atoms with Crippen molar-refractivity contribution in [1.29, 1.82) is 0 Å². The van der Waals surface area contributed by atoms with E-state index in [-0.39, 0.29) is 5.69 Å². The number of fused-ring (bicyclic) bond motifs is 1. The number of aldehydes is 1. The molecular weight excluding hydrogens is 336 g/mol. The highest BCUT2D eigenvalue weighted by Crippen LogP contribution is 2.51. The van der Waals surface area contributed by atoms with Gasteiger partial charge in [-0.2, -0.15) is 0 Å². The van der Waals surface area contributed by atoms with Crippen molar-refractivity contribution in [2.45, 2.75) is 35.9 Å². The second-order valence-corrected chi connectivity index (χ2v) is 9.09. The van der Waals surface area contributed by atoms with Gasteiger partial charge in [0.05, 0.1) is 22.3 Å². The van der Waals surface area contributed by atoms with Crippen molar-refractivity contribution in [1.82, 2.24) is 9.88 Å². The zero-order valence-electron chi connectivity index (χ0n) is 13.0. The number of aliphatic carboxylic acids is 1. The standard InChI is InChI=1S/C15H16N2O6S/c1-15(2)11(14(20)21)17-12(19)10(13(17)24(15,22)23)8(7-18)9-5-3-4-6-16-9/h3-8,10-11,13H,1-2H3,(H,20,21)/t8?,10?,11-,13+/m0/s1. The van der Waals surface area contributed by atoms with Gasteiger partial charge in [-0.1, -0.05) is 6.07 Å². The molecule has 3 rings (SSSR count). The Balaban J connectivity index is 2.08. The molecule has 3 heterocycles. The average molecular weight is 352 g/mol. The molecule has 24 heavy (non-hydrogen) atoms. The molecule has 0 spiro atoms. The van der Waals surface area contributed by atoms with E-state index in [1.807, 2.05) is 0 Å². The molecule has 2 unspecified atom stereocenters. The van der Waals surface area contributed by atoms with E-state index >= 15 is 0 Å². The number of sulfone groups is 1. The molecule has 2 saturated heterocycles. The summed E-state index contributed by atoms with van der Waals surface area (Å²) in [5.41, 5.74) is 0.289. The van der Waals surface area contributed by atoms with E-state index in [0.29, 0.717) is 6.29 Å². The quantitative estimate of drug-likeness (QED) is 0.588. The summed E-state index contributed by atoms with van der Waals surface area (Å²) in [5.74, 6) is -4.20. The van der Waals surface area contributed by atoms with E-state index in [4.69, 9.17) is 0 Å². The Morgan fingerprint density at radius 3 is 2.58 bits per heavy atom. The van der Waals surface area contributed by atoms with Gasteiger partial charge in [-0.3, -0.25) is 9.78 Å². The first kappa shape index (κ1) is 16.6. The van der Waals surface area contributed by atoms with Crippen LogP contribution in [0.5, 0.6) is 0 Å². The fourth-order valence-corrected chi connectivity index (χ4v) is 5.93. The van der Waals surface area contributed by atoms with Gasteiger partial charge in [-0.15, -0.1) is 0 Å². The lowest BCUT2D eigenvalue weighted by Crippen LogP contribution is -2.65. The highest BCUT2D eigenvalue weighted by Gasteiger charge is 2.73. The second-order valence-electron chi connectivity index (χ2n) is 6.47. The van der Waals surface area contributed by atoms with Gasteiger partial charge in [-0.25, -0.2) is 13.2 Å². The minimum Gasteiger partial charge on any atom is -0.480 e. The van der Waals surface area contributed by atoms with E-state index in [9.17, 15) is 27.9 Å². The summed E-state index contributed by atoms with van der Waals surface area (Å²) < 4.78 is 24.0. The van der Waals surface area contributed by atoms with Crippen LogP contribution in [0, 0.1) is 5.92 Å². The summed E-state index contributed by atoms with van der Waals surface area (Å²) in [6, 6.07) is 3.34. The highest BCUT2D eigenvalue weighted by molar-refractivity contribution is 7.93. The van der Waals surface area contributed by atoms with E-state index in [1.54, 1.807) is 12.1 Å². The maximum atomic E-state index is 12.8. The average Bonchev–Trinajstić information content (AvgIpc) is 2.67. The van der Waals surface area contributed by atoms with Gasteiger partial charge in [0.25, 0.3) is 0 Å². The van der Waals surface area contributed by atoms with Crippen LogP contribution in [0.25, 0.3) is 0 Å². The van der Waals surface area contributed by atoms with Crippen LogP contribution in [0.15, 0.2) is 24.4 Å². The predicted octanol–water partition coefficient (Wildman–Crippen LogP) is -0.191. The number of carbonyl (C=O) groups is 3. The molecule has 4 atom stereocenters. The maximum absolute atomic E-state index is 12.8. The molecule has 0 saturated carbocycles. The van der Waals surface area contributed by atoms with Gasteiger partial charge in [0, 0.05) is 6.20 Å². The van der Waals surface area contributed by atoms with Gasteiger partial charge in [0.1, 0.15) is 17.7 Å². The molecule has 2 aliphatic heterocycles. The van der Waals surface area contributed by atoms with Crippen LogP contribution in [0.3, 0.4) is 0 Å². The molecule has 1 amide bonds. The van der Waals surface area contributed by atoms with Crippen LogP contribution in [-0.4, -0.2) is 57.7 Å². The van der Waals surface area contributed by atoms with Gasteiger partial charge >= 0.3 is 5.97 Å². The van der Waals surface area contributed by atoms with Crippen LogP contribution < -0.4 is 0 Å². The Morgan fingerprint density at radius 1 is 1.42 bits per heavy atom. The zero-order valence-corrected chi connectivity index (χ0v) is 13.8. The summed E-state index contributed by atoms with van der Waals surface area (Å²) in [6.07, 6.45) is 1.94. The Kier molecular flexibility index (Phi) is 3.52. The van der Waals surface area contributed by atoms with Crippen LogP contribution in [-0.2, 0) is 24.2 Å². The van der Waals surface area contributed by atoms with E-state index in [0.717, 1.165) is 4.90 Å². The molecule has 0 bridgehead atoms. The zero-order chi connectivity index (χ0) is 17.9. The number of carboxylic acid groups (broad SMARTS) is 1. The summed E-state index contributed by atoms with van der Waals surface area (Å²) in [4.78, 5) is 40.5. The summed E-state index contributed by atoms with van der Waals surface area (Å²) >= 11 is 0. The minimum absolute atomic E-state index is 0.289. The van der Waals surface area contributed by atoms with Crippen LogP contribution >= 0.6 is 0 Å². The number of rotatable bonds is 4. The first-order valence-corrected chi connectivity index (χ1v) is 8.85. The third kappa shape index (κ3) is 1.87. The Labute approximate surface area is 138 Å². The molecule has 1 aromatic rings. The Bertz CT molecular complexity index is 820. The fourth-order valence-electron chi connectivity index (χ4n) is 3.59. The molecule has 0 radical (unpaired) electrons. The minimum atomic E-state index is -3.97. The topological polar surface area (TPSA) is 122 Å². The smallest absolute Gasteiger partial charge is 0.328 e. The molecule has 0 aliphatic carbocycles. The molecule has 9 heteroatoms. The van der Waals surface area contributed by atoms with Crippen molar-refractivity contribution in [3.63, 3.8) is 0 Å². The molecule has 2 aliphatic rings. The fraction of sp³-hybridized carbons (Fsp3) is 0.467. The molecule has 0 aromatic carbocycles. The van der Waals surface area contributed by atoms with Crippen molar-refractivity contribution in [3.8, 4) is 0 Å². The van der Waals surface area contributed by atoms with E-state index < -0.39 is 49.7 Å².